The predicted octanol–water partition coefficient (Wildman–Crippen LogP) is 3.29. The van der Waals surface area contributed by atoms with Gasteiger partial charge < -0.3 is 40.1 Å². The number of methoxy groups -OCH3 is 2. The molecule has 4 aliphatic carbocycles. The molecule has 6 N–H and O–H groups in total. The van der Waals surface area contributed by atoms with E-state index in [2.05, 4.69) is 35.8 Å². The summed E-state index contributed by atoms with van der Waals surface area (Å²) < 4.78 is 11.9. The number of likely N-dealkylation sites (tertiary alicyclic amines) is 2. The van der Waals surface area contributed by atoms with Crippen LogP contribution in [-0.2, 0) is 42.7 Å². The fraction of sp³-hybridized carbons (Fsp3) is 0.650. The molecule has 0 spiro atoms. The van der Waals surface area contributed by atoms with Crippen LogP contribution in [0.25, 0.3) is 0 Å². The number of aliphatic hydroxyl groups excluding tert-OH is 2. The van der Waals surface area contributed by atoms with Gasteiger partial charge in [-0.15, -0.1) is 0 Å². The van der Waals surface area contributed by atoms with Crippen LogP contribution in [0.4, 0.5) is 0 Å². The molecule has 52 heavy (non-hydrogen) atoms. The number of nitrogens with zero attached hydrogens (tertiary/aromatic N) is 2. The molecule has 8 atom stereocenters. The molecule has 2 aromatic carbocycles. The molecule has 6 aliphatic rings. The third-order valence-electron chi connectivity index (χ3n) is 12.7. The first-order valence-corrected chi connectivity index (χ1v) is 18.7. The minimum Gasteiger partial charge on any atom is -0.508 e. The van der Waals surface area contributed by atoms with Gasteiger partial charge in [-0.3, -0.25) is 9.80 Å². The van der Waals surface area contributed by atoms with E-state index in [1.165, 1.54) is 61.0 Å². The third-order valence-corrected chi connectivity index (χ3v) is 12.7. The van der Waals surface area contributed by atoms with Gasteiger partial charge in [0.25, 0.3) is 0 Å². The number of benzene rings is 2. The number of phenolic OH excluding ortho intramolecular Hbond substituents is 2. The van der Waals surface area contributed by atoms with E-state index >= 15 is 0 Å². The summed E-state index contributed by atoms with van der Waals surface area (Å²) in [7, 11) is 3.70. The molecule has 286 valence electrons. The summed E-state index contributed by atoms with van der Waals surface area (Å²) in [6.07, 6.45) is 5.90. The highest BCUT2D eigenvalue weighted by atomic mass is 16.5. The molecule has 0 aromatic heterocycles. The molecule has 12 nitrogen and oxygen atoms in total. The van der Waals surface area contributed by atoms with Crippen molar-refractivity contribution in [1.82, 2.24) is 9.80 Å². The molecule has 0 radical (unpaired) electrons. The van der Waals surface area contributed by atoms with E-state index in [0.717, 1.165) is 50.6 Å². The van der Waals surface area contributed by atoms with Gasteiger partial charge in [0, 0.05) is 50.2 Å². The number of carbonyl (C=O) groups is 2. The first-order valence-electron chi connectivity index (χ1n) is 18.7. The zero-order valence-corrected chi connectivity index (χ0v) is 30.8. The van der Waals surface area contributed by atoms with Gasteiger partial charge in [0.1, 0.15) is 11.5 Å². The van der Waals surface area contributed by atoms with Crippen LogP contribution in [0.2, 0.25) is 0 Å². The number of carboxylic acids is 2. The van der Waals surface area contributed by atoms with Crippen LogP contribution in [0.15, 0.2) is 36.4 Å². The van der Waals surface area contributed by atoms with Crippen molar-refractivity contribution in [3.63, 3.8) is 0 Å². The maximum absolute atomic E-state index is 9.89. The smallest absolute Gasteiger partial charge is 0.335 e. The molecule has 6 unspecified atom stereocenters. The summed E-state index contributed by atoms with van der Waals surface area (Å²) in [5.74, 6) is -0.932. The van der Waals surface area contributed by atoms with E-state index in [9.17, 15) is 19.8 Å². The first kappa shape index (κ1) is 38.5. The largest absolute Gasteiger partial charge is 0.508 e. The van der Waals surface area contributed by atoms with Crippen molar-refractivity contribution in [1.29, 1.82) is 0 Å². The summed E-state index contributed by atoms with van der Waals surface area (Å²) in [6.45, 7) is 9.45. The van der Waals surface area contributed by atoms with E-state index in [1.807, 2.05) is 38.5 Å². The molecule has 8 rings (SSSR count). The fourth-order valence-corrected chi connectivity index (χ4v) is 9.47. The van der Waals surface area contributed by atoms with Crippen LogP contribution in [0, 0.1) is 11.8 Å². The van der Waals surface area contributed by atoms with Gasteiger partial charge in [-0.2, -0.15) is 0 Å². The van der Waals surface area contributed by atoms with Gasteiger partial charge in [-0.1, -0.05) is 26.0 Å². The Morgan fingerprint density at radius 3 is 1.38 bits per heavy atom. The maximum Gasteiger partial charge on any atom is 0.335 e. The zero-order valence-electron chi connectivity index (χ0n) is 30.8. The average molecular weight is 725 g/mol. The Balaban J connectivity index is 0.000000144. The lowest BCUT2D eigenvalue weighted by Gasteiger charge is -2.54. The van der Waals surface area contributed by atoms with Gasteiger partial charge in [0.15, 0.2) is 12.2 Å². The van der Waals surface area contributed by atoms with Crippen molar-refractivity contribution in [2.75, 3.05) is 40.4 Å². The highest BCUT2D eigenvalue weighted by Gasteiger charge is 2.53. The van der Waals surface area contributed by atoms with E-state index in [4.69, 9.17) is 29.9 Å². The van der Waals surface area contributed by atoms with Crippen LogP contribution < -0.4 is 0 Å². The van der Waals surface area contributed by atoms with Crippen LogP contribution in [0.1, 0.15) is 74.6 Å². The standard InChI is InChI=1S/2C18H25NO2.C4H6O6/c2*1-18-7-8-19(11-12-3-4-12)16(17(18)21-2)9-13-5-6-14(20)10-15(13)18;5-1(3(7)8)2(6)4(9)10/h2*5-6,10,12,16-17,20H,3-4,7-9,11H2,1-2H3;1-2,5-6H,(H,7,8)(H,9,10)/t;;1-,2-/m..1/s1. The quantitative estimate of drug-likeness (QED) is 0.223. The highest BCUT2D eigenvalue weighted by molar-refractivity contribution is 5.83. The minimum atomic E-state index is -2.27. The van der Waals surface area contributed by atoms with Crippen molar-refractivity contribution < 1.29 is 49.7 Å². The Kier molecular flexibility index (Phi) is 11.3. The Morgan fingerprint density at radius 1 is 0.712 bits per heavy atom. The monoisotopic (exact) mass is 724 g/mol. The Hall–Kier alpha value is -3.26. The lowest BCUT2D eigenvalue weighted by Crippen LogP contribution is -2.63. The second-order valence-electron chi connectivity index (χ2n) is 16.3. The SMILES string of the molecule is COC1C2Cc3ccc(O)cc3C1(C)CCN2CC1CC1.COC1C2Cc3ccc(O)cc3C1(C)CCN2CC1CC1.O=C(O)[C@H](O)[C@@H](O)C(=O)O. The van der Waals surface area contributed by atoms with Gasteiger partial charge in [-0.05, 0) is 123 Å². The number of carboxylic acid groups (broad SMARTS) is 2. The summed E-state index contributed by atoms with van der Waals surface area (Å²) in [6, 6.07) is 12.8. The lowest BCUT2D eigenvalue weighted by molar-refractivity contribution is -0.165. The van der Waals surface area contributed by atoms with Crippen LogP contribution in [0.5, 0.6) is 11.5 Å². The molecule has 0 amide bonds. The van der Waals surface area contributed by atoms with E-state index in [0.29, 0.717) is 23.6 Å². The number of aliphatic hydroxyl groups is 2. The average Bonchev–Trinajstić information content (AvgIpc) is 4.05. The van der Waals surface area contributed by atoms with Crippen LogP contribution in [-0.4, -0.2) is 129 Å². The topological polar surface area (TPSA) is 180 Å². The molecule has 2 saturated heterocycles. The summed E-state index contributed by atoms with van der Waals surface area (Å²) >= 11 is 0. The zero-order chi connectivity index (χ0) is 37.5. The second-order valence-corrected chi connectivity index (χ2v) is 16.3. The van der Waals surface area contributed by atoms with Crippen molar-refractivity contribution in [2.45, 2.75) is 113 Å². The van der Waals surface area contributed by atoms with E-state index in [1.54, 1.807) is 0 Å². The van der Waals surface area contributed by atoms with Crippen molar-refractivity contribution in [2.24, 2.45) is 11.8 Å². The lowest BCUT2D eigenvalue weighted by atomic mass is 9.63. The number of fused-ring (bicyclic) bond motifs is 8. The number of rotatable bonds is 9. The van der Waals surface area contributed by atoms with E-state index in [-0.39, 0.29) is 23.0 Å². The van der Waals surface area contributed by atoms with E-state index < -0.39 is 24.1 Å². The molecular weight excluding hydrogens is 668 g/mol. The summed E-state index contributed by atoms with van der Waals surface area (Å²) in [5.41, 5.74) is 5.47. The molecule has 2 heterocycles. The molecular formula is C40H56N2O10. The molecule has 2 saturated carbocycles. The number of aliphatic carboxylic acids is 2. The van der Waals surface area contributed by atoms with Gasteiger partial charge in [0.05, 0.1) is 12.2 Å². The molecule has 12 heteroatoms. The van der Waals surface area contributed by atoms with Gasteiger partial charge in [-0.25, -0.2) is 9.59 Å². The molecule has 4 fully saturated rings. The molecule has 2 aliphatic heterocycles. The highest BCUT2D eigenvalue weighted by Crippen LogP contribution is 2.49. The van der Waals surface area contributed by atoms with Crippen LogP contribution in [0.3, 0.4) is 0 Å². The van der Waals surface area contributed by atoms with Crippen molar-refractivity contribution >= 4 is 11.9 Å². The van der Waals surface area contributed by atoms with Crippen molar-refractivity contribution in [3.05, 3.63) is 58.7 Å². The molecule has 2 aromatic rings. The molecule has 4 bridgehead atoms. The number of phenols is 2. The second kappa shape index (κ2) is 15.2. The van der Waals surface area contributed by atoms with Crippen molar-refractivity contribution in [3.8, 4) is 11.5 Å². The summed E-state index contributed by atoms with van der Waals surface area (Å²) in [5, 5.41) is 52.3. The summed E-state index contributed by atoms with van der Waals surface area (Å²) in [4.78, 5) is 24.9. The maximum atomic E-state index is 9.89. The van der Waals surface area contributed by atoms with Crippen LogP contribution >= 0.6 is 0 Å². The number of hydrogen-bond donors (Lipinski definition) is 6. The fourth-order valence-electron chi connectivity index (χ4n) is 9.47. The number of piperidine rings is 2. The number of aromatic hydroxyl groups is 2. The third kappa shape index (κ3) is 7.69. The normalized spacial score (nSPS) is 31.7. The number of ether oxygens (including phenoxy) is 2. The Bertz CT molecular complexity index is 1500. The van der Waals surface area contributed by atoms with Gasteiger partial charge in [0.2, 0.25) is 0 Å². The number of hydrogen-bond acceptors (Lipinski definition) is 10. The van der Waals surface area contributed by atoms with Gasteiger partial charge >= 0.3 is 11.9 Å². The Morgan fingerprint density at radius 2 is 1.08 bits per heavy atom. The predicted molar refractivity (Wildman–Crippen MR) is 193 cm³/mol. The Labute approximate surface area is 306 Å². The minimum absolute atomic E-state index is 0.0335. The first-order chi connectivity index (χ1) is 24.7.